The molecule has 7 nitrogen and oxygen atoms in total. The van der Waals surface area contributed by atoms with Crippen LogP contribution in [0.1, 0.15) is 20.9 Å². The number of hydrogen-bond donors (Lipinski definition) is 3. The highest BCUT2D eigenvalue weighted by molar-refractivity contribution is 9.10. The molecule has 9 heteroatoms. The number of benzene rings is 1. The topological polar surface area (TPSA) is 110 Å². The molecule has 0 aliphatic heterocycles. The molecule has 0 spiro atoms. The van der Waals surface area contributed by atoms with Crippen LogP contribution in [0.25, 0.3) is 0 Å². The second kappa shape index (κ2) is 6.75. The quantitative estimate of drug-likeness (QED) is 0.553. The molecule has 0 fully saturated rings. The molecule has 0 saturated heterocycles. The predicted octanol–water partition coefficient (Wildman–Crippen LogP) is 2.27. The number of nitrogen functional groups attached to an aromatic ring is 1. The Balaban J connectivity index is 2.11. The molecule has 0 saturated carbocycles. The van der Waals surface area contributed by atoms with E-state index in [1.165, 1.54) is 13.3 Å². The Morgan fingerprint density at radius 3 is 2.91 bits per heavy atom. The van der Waals surface area contributed by atoms with Crippen molar-refractivity contribution >= 4 is 44.5 Å². The summed E-state index contributed by atoms with van der Waals surface area (Å²) in [5.74, 6) is -0.0829. The van der Waals surface area contributed by atoms with Crippen LogP contribution in [0.5, 0.6) is 11.5 Å². The van der Waals surface area contributed by atoms with Gasteiger partial charge in [0.1, 0.15) is 4.88 Å². The zero-order chi connectivity index (χ0) is 16.3. The van der Waals surface area contributed by atoms with Gasteiger partial charge in [0, 0.05) is 0 Å². The monoisotopic (exact) mass is 384 g/mol. The van der Waals surface area contributed by atoms with Gasteiger partial charge in [-0.1, -0.05) is 11.3 Å². The number of thiazole rings is 1. The Kier molecular flexibility index (Phi) is 4.99. The van der Waals surface area contributed by atoms with Crippen LogP contribution < -0.4 is 15.9 Å². The van der Waals surface area contributed by atoms with Crippen LogP contribution in [0.15, 0.2) is 21.7 Å². The second-order valence-corrected chi connectivity index (χ2v) is 6.10. The van der Waals surface area contributed by atoms with E-state index >= 15 is 0 Å². The van der Waals surface area contributed by atoms with Crippen LogP contribution in [-0.2, 0) is 0 Å². The Morgan fingerprint density at radius 1 is 1.59 bits per heavy atom. The van der Waals surface area contributed by atoms with E-state index in [2.05, 4.69) is 31.4 Å². The van der Waals surface area contributed by atoms with Gasteiger partial charge in [-0.2, -0.15) is 5.10 Å². The summed E-state index contributed by atoms with van der Waals surface area (Å²) in [7, 11) is 1.45. The smallest absolute Gasteiger partial charge is 0.283 e. The van der Waals surface area contributed by atoms with E-state index in [0.717, 1.165) is 11.3 Å². The van der Waals surface area contributed by atoms with Gasteiger partial charge in [-0.25, -0.2) is 10.4 Å². The van der Waals surface area contributed by atoms with E-state index in [9.17, 15) is 9.90 Å². The van der Waals surface area contributed by atoms with Crippen molar-refractivity contribution in [3.05, 3.63) is 32.7 Å². The lowest BCUT2D eigenvalue weighted by Crippen LogP contribution is -2.17. The molecule has 0 aliphatic carbocycles. The number of nitrogens with zero attached hydrogens (tertiary/aromatic N) is 2. The first kappa shape index (κ1) is 16.2. The van der Waals surface area contributed by atoms with Crippen LogP contribution >= 0.6 is 27.3 Å². The number of phenols is 1. The molecule has 1 amide bonds. The minimum Gasteiger partial charge on any atom is -0.503 e. The fourth-order valence-corrected chi connectivity index (χ4v) is 2.85. The minimum absolute atomic E-state index is 0.000513. The lowest BCUT2D eigenvalue weighted by atomic mass is 10.2. The van der Waals surface area contributed by atoms with Gasteiger partial charge in [0.15, 0.2) is 16.6 Å². The zero-order valence-corrected chi connectivity index (χ0v) is 14.2. The van der Waals surface area contributed by atoms with E-state index < -0.39 is 0 Å². The Labute approximate surface area is 139 Å². The molecular weight excluding hydrogens is 372 g/mol. The molecule has 0 radical (unpaired) electrons. The van der Waals surface area contributed by atoms with Crippen LogP contribution in [0.3, 0.4) is 0 Å². The molecule has 0 aliphatic rings. The molecule has 0 bridgehead atoms. The predicted molar refractivity (Wildman–Crippen MR) is 88.7 cm³/mol. The first-order valence-electron chi connectivity index (χ1n) is 6.05. The molecule has 4 N–H and O–H groups in total. The van der Waals surface area contributed by atoms with Crippen molar-refractivity contribution in [2.75, 3.05) is 12.8 Å². The summed E-state index contributed by atoms with van der Waals surface area (Å²) >= 11 is 4.31. The zero-order valence-electron chi connectivity index (χ0n) is 11.8. The molecule has 0 unspecified atom stereocenters. The van der Waals surface area contributed by atoms with E-state index in [1.54, 1.807) is 19.1 Å². The number of ether oxygens (including phenoxy) is 1. The summed E-state index contributed by atoms with van der Waals surface area (Å²) in [6, 6.07) is 3.23. The van der Waals surface area contributed by atoms with E-state index in [4.69, 9.17) is 10.5 Å². The third-order valence-corrected chi connectivity index (χ3v) is 4.26. The van der Waals surface area contributed by atoms with Crippen molar-refractivity contribution in [2.24, 2.45) is 5.10 Å². The van der Waals surface area contributed by atoms with Gasteiger partial charge in [0.25, 0.3) is 5.91 Å². The van der Waals surface area contributed by atoms with E-state index in [-0.39, 0.29) is 11.7 Å². The standard InChI is InChI=1S/C13H13BrN4O3S/c1-6-11(22-13(15)17-6)12(20)18-16-5-7-3-8(14)10(19)9(4-7)21-2/h3-5,19H,1-2H3,(H2,15,17)(H,18,20). The van der Waals surface area contributed by atoms with Gasteiger partial charge in [-0.15, -0.1) is 0 Å². The number of nitrogens with two attached hydrogens (primary N) is 1. The number of halogens is 1. The van der Waals surface area contributed by atoms with Crippen molar-refractivity contribution in [1.29, 1.82) is 0 Å². The molecule has 116 valence electrons. The molecule has 2 rings (SSSR count). The number of hydrazone groups is 1. The van der Waals surface area contributed by atoms with Crippen molar-refractivity contribution < 1.29 is 14.6 Å². The largest absolute Gasteiger partial charge is 0.503 e. The Bertz CT molecular complexity index is 745. The third kappa shape index (κ3) is 3.55. The summed E-state index contributed by atoms with van der Waals surface area (Å²) in [6.45, 7) is 1.70. The Hall–Kier alpha value is -2.13. The third-order valence-electron chi connectivity index (χ3n) is 2.67. The molecule has 22 heavy (non-hydrogen) atoms. The average Bonchev–Trinajstić information content (AvgIpc) is 2.81. The summed E-state index contributed by atoms with van der Waals surface area (Å²) in [4.78, 5) is 16.3. The number of carbonyl (C=O) groups excluding carboxylic acids is 1. The molecule has 2 aromatic rings. The maximum atomic E-state index is 11.9. The highest BCUT2D eigenvalue weighted by Crippen LogP contribution is 2.34. The van der Waals surface area contributed by atoms with Crippen LogP contribution in [-0.4, -0.2) is 29.3 Å². The van der Waals surface area contributed by atoms with Crippen LogP contribution in [0.2, 0.25) is 0 Å². The van der Waals surface area contributed by atoms with Crippen molar-refractivity contribution in [2.45, 2.75) is 6.92 Å². The maximum absolute atomic E-state index is 11.9. The molecule has 1 aromatic heterocycles. The summed E-state index contributed by atoms with van der Waals surface area (Å²) in [5.41, 5.74) is 9.15. The number of amides is 1. The van der Waals surface area contributed by atoms with Crippen molar-refractivity contribution in [1.82, 2.24) is 10.4 Å². The van der Waals surface area contributed by atoms with E-state index in [1.807, 2.05) is 0 Å². The van der Waals surface area contributed by atoms with Crippen molar-refractivity contribution in [3.8, 4) is 11.5 Å². The molecule has 0 atom stereocenters. The number of aromatic hydroxyl groups is 1. The number of anilines is 1. The number of aromatic nitrogens is 1. The van der Waals surface area contributed by atoms with Gasteiger partial charge in [0.2, 0.25) is 0 Å². The minimum atomic E-state index is -0.382. The summed E-state index contributed by atoms with van der Waals surface area (Å²) in [6.07, 6.45) is 1.43. The van der Waals surface area contributed by atoms with Gasteiger partial charge in [0.05, 0.1) is 23.5 Å². The molecular formula is C13H13BrN4O3S. The van der Waals surface area contributed by atoms with Crippen LogP contribution in [0.4, 0.5) is 5.13 Å². The lowest BCUT2D eigenvalue weighted by molar-refractivity contribution is 0.0958. The first-order valence-corrected chi connectivity index (χ1v) is 7.66. The molecule has 1 heterocycles. The normalized spacial score (nSPS) is 10.9. The number of phenolic OH excluding ortho intramolecular Hbond substituents is 1. The number of carbonyl (C=O) groups is 1. The summed E-state index contributed by atoms with van der Waals surface area (Å²) in [5, 5.41) is 13.9. The average molecular weight is 385 g/mol. The maximum Gasteiger partial charge on any atom is 0.283 e. The van der Waals surface area contributed by atoms with Crippen molar-refractivity contribution in [3.63, 3.8) is 0 Å². The first-order chi connectivity index (χ1) is 10.4. The number of rotatable bonds is 4. The van der Waals surface area contributed by atoms with E-state index in [0.29, 0.717) is 31.5 Å². The van der Waals surface area contributed by atoms with Gasteiger partial charge >= 0.3 is 0 Å². The highest BCUT2D eigenvalue weighted by atomic mass is 79.9. The number of nitrogens with one attached hydrogen (secondary N) is 1. The molecule has 1 aromatic carbocycles. The van der Waals surface area contributed by atoms with Crippen LogP contribution in [0, 0.1) is 6.92 Å². The van der Waals surface area contributed by atoms with Gasteiger partial charge < -0.3 is 15.6 Å². The summed E-state index contributed by atoms with van der Waals surface area (Å²) < 4.78 is 5.50. The highest BCUT2D eigenvalue weighted by Gasteiger charge is 2.13. The number of aryl methyl sites for hydroxylation is 1. The number of methoxy groups -OCH3 is 1. The fourth-order valence-electron chi connectivity index (χ4n) is 1.67. The Morgan fingerprint density at radius 2 is 2.32 bits per heavy atom. The SMILES string of the molecule is COc1cc(C=NNC(=O)c2sc(N)nc2C)cc(Br)c1O. The van der Waals surface area contributed by atoms with Gasteiger partial charge in [-0.3, -0.25) is 4.79 Å². The number of hydrogen-bond acceptors (Lipinski definition) is 7. The second-order valence-electron chi connectivity index (χ2n) is 4.22. The fraction of sp³-hybridized carbons (Fsp3) is 0.154. The van der Waals surface area contributed by atoms with Gasteiger partial charge in [-0.05, 0) is 40.5 Å². The lowest BCUT2D eigenvalue weighted by Gasteiger charge is -2.06.